The standard InChI is InChI=1S/C10H10ClF2NO2S/c11-9-3-7(17(14,15)16)1-2-8(9)6-4-10(12,13)5-6/h1-3,6H,4-5H2,(H2,14,15,16). The van der Waals surface area contributed by atoms with E-state index in [9.17, 15) is 17.2 Å². The number of sulfonamides is 1. The number of rotatable bonds is 2. The Morgan fingerprint density at radius 3 is 2.35 bits per heavy atom. The lowest BCUT2D eigenvalue weighted by molar-refractivity contribution is -0.0867. The van der Waals surface area contributed by atoms with Crippen LogP contribution >= 0.6 is 11.6 Å². The minimum absolute atomic E-state index is 0.114. The molecule has 2 N–H and O–H groups in total. The van der Waals surface area contributed by atoms with Crippen LogP contribution in [0.15, 0.2) is 23.1 Å². The molecule has 0 radical (unpaired) electrons. The van der Waals surface area contributed by atoms with E-state index in [4.69, 9.17) is 16.7 Å². The van der Waals surface area contributed by atoms with Crippen LogP contribution in [0.3, 0.4) is 0 Å². The molecule has 0 unspecified atom stereocenters. The molecule has 0 aromatic heterocycles. The highest BCUT2D eigenvalue weighted by Gasteiger charge is 2.46. The molecule has 1 aromatic rings. The Morgan fingerprint density at radius 1 is 1.35 bits per heavy atom. The Labute approximate surface area is 103 Å². The average Bonchev–Trinajstić information content (AvgIpc) is 2.12. The number of nitrogens with two attached hydrogens (primary N) is 1. The van der Waals surface area contributed by atoms with Crippen LogP contribution in [0.2, 0.25) is 5.02 Å². The van der Waals surface area contributed by atoms with Gasteiger partial charge in [0.1, 0.15) is 0 Å². The molecular formula is C10H10ClF2NO2S. The summed E-state index contributed by atoms with van der Waals surface area (Å²) in [7, 11) is -3.81. The smallest absolute Gasteiger partial charge is 0.225 e. The maximum atomic E-state index is 12.7. The molecule has 1 aromatic carbocycles. The van der Waals surface area contributed by atoms with Gasteiger partial charge in [-0.2, -0.15) is 0 Å². The summed E-state index contributed by atoms with van der Waals surface area (Å²) >= 11 is 5.87. The van der Waals surface area contributed by atoms with Gasteiger partial charge in [-0.1, -0.05) is 17.7 Å². The largest absolute Gasteiger partial charge is 0.249 e. The van der Waals surface area contributed by atoms with Crippen LogP contribution in [0, 0.1) is 0 Å². The van der Waals surface area contributed by atoms with Crippen molar-refractivity contribution >= 4 is 21.6 Å². The van der Waals surface area contributed by atoms with E-state index in [1.807, 2.05) is 0 Å². The van der Waals surface area contributed by atoms with Crippen LogP contribution in [0.4, 0.5) is 8.78 Å². The number of benzene rings is 1. The Kier molecular flexibility index (Phi) is 2.92. The number of alkyl halides is 2. The maximum absolute atomic E-state index is 12.7. The molecule has 0 heterocycles. The third kappa shape index (κ3) is 2.59. The second-order valence-corrected chi connectivity index (χ2v) is 6.16. The van der Waals surface area contributed by atoms with Crippen molar-refractivity contribution in [1.29, 1.82) is 0 Å². The van der Waals surface area contributed by atoms with Gasteiger partial charge in [0, 0.05) is 17.9 Å². The maximum Gasteiger partial charge on any atom is 0.249 e. The minimum Gasteiger partial charge on any atom is -0.225 e. The Morgan fingerprint density at radius 2 is 1.94 bits per heavy atom. The molecule has 1 saturated carbocycles. The zero-order chi connectivity index (χ0) is 12.8. The molecule has 0 spiro atoms. The molecule has 0 atom stereocenters. The molecule has 0 saturated heterocycles. The van der Waals surface area contributed by atoms with Crippen LogP contribution in [0.1, 0.15) is 24.3 Å². The molecule has 0 bridgehead atoms. The van der Waals surface area contributed by atoms with Gasteiger partial charge in [0.25, 0.3) is 0 Å². The Bertz CT molecular complexity index is 551. The van der Waals surface area contributed by atoms with Crippen LogP contribution in [0.5, 0.6) is 0 Å². The van der Waals surface area contributed by atoms with Crippen molar-refractivity contribution in [1.82, 2.24) is 0 Å². The first-order chi connectivity index (χ1) is 7.69. The van der Waals surface area contributed by atoms with E-state index in [2.05, 4.69) is 0 Å². The van der Waals surface area contributed by atoms with Crippen molar-refractivity contribution in [2.45, 2.75) is 29.6 Å². The molecule has 17 heavy (non-hydrogen) atoms. The molecule has 3 nitrogen and oxygen atoms in total. The summed E-state index contributed by atoms with van der Waals surface area (Å²) < 4.78 is 47.5. The van der Waals surface area contributed by atoms with Crippen molar-refractivity contribution in [2.24, 2.45) is 5.14 Å². The molecule has 7 heteroatoms. The van der Waals surface area contributed by atoms with E-state index in [-0.39, 0.29) is 28.7 Å². The fourth-order valence-electron chi connectivity index (χ4n) is 1.90. The van der Waals surface area contributed by atoms with Crippen LogP contribution < -0.4 is 5.14 Å². The van der Waals surface area contributed by atoms with Crippen molar-refractivity contribution < 1.29 is 17.2 Å². The summed E-state index contributed by atoms with van der Waals surface area (Å²) in [6, 6.07) is 3.93. The van der Waals surface area contributed by atoms with Crippen molar-refractivity contribution in [3.8, 4) is 0 Å². The highest BCUT2D eigenvalue weighted by Crippen LogP contribution is 2.49. The molecular weight excluding hydrogens is 272 g/mol. The van der Waals surface area contributed by atoms with Gasteiger partial charge < -0.3 is 0 Å². The molecule has 1 fully saturated rings. The number of hydrogen-bond donors (Lipinski definition) is 1. The molecule has 2 rings (SSSR count). The lowest BCUT2D eigenvalue weighted by atomic mass is 9.77. The first-order valence-corrected chi connectivity index (χ1v) is 6.81. The quantitative estimate of drug-likeness (QED) is 0.905. The van der Waals surface area contributed by atoms with Gasteiger partial charge in [-0.25, -0.2) is 22.3 Å². The van der Waals surface area contributed by atoms with Crippen LogP contribution in [-0.2, 0) is 10.0 Å². The zero-order valence-electron chi connectivity index (χ0n) is 8.66. The summed E-state index contributed by atoms with van der Waals surface area (Å²) in [5.41, 5.74) is 0.546. The number of halogens is 3. The van der Waals surface area contributed by atoms with Crippen molar-refractivity contribution in [3.05, 3.63) is 28.8 Å². The molecule has 1 aliphatic carbocycles. The monoisotopic (exact) mass is 281 g/mol. The van der Waals surface area contributed by atoms with Gasteiger partial charge in [0.05, 0.1) is 4.90 Å². The van der Waals surface area contributed by atoms with Crippen molar-refractivity contribution in [2.75, 3.05) is 0 Å². The van der Waals surface area contributed by atoms with E-state index in [1.165, 1.54) is 18.2 Å². The topological polar surface area (TPSA) is 60.2 Å². The molecule has 0 amide bonds. The zero-order valence-corrected chi connectivity index (χ0v) is 10.2. The van der Waals surface area contributed by atoms with Gasteiger partial charge >= 0.3 is 0 Å². The van der Waals surface area contributed by atoms with Crippen LogP contribution in [0.25, 0.3) is 0 Å². The van der Waals surface area contributed by atoms with E-state index < -0.39 is 15.9 Å². The van der Waals surface area contributed by atoms with E-state index in [0.29, 0.717) is 5.56 Å². The van der Waals surface area contributed by atoms with Gasteiger partial charge in [0.15, 0.2) is 0 Å². The summed E-state index contributed by atoms with van der Waals surface area (Å²) in [6.45, 7) is 0. The summed E-state index contributed by atoms with van der Waals surface area (Å²) in [6.07, 6.45) is -0.497. The van der Waals surface area contributed by atoms with Crippen molar-refractivity contribution in [3.63, 3.8) is 0 Å². The average molecular weight is 282 g/mol. The Balaban J connectivity index is 2.28. The fourth-order valence-corrected chi connectivity index (χ4v) is 2.84. The van der Waals surface area contributed by atoms with E-state index in [1.54, 1.807) is 0 Å². The number of hydrogen-bond acceptors (Lipinski definition) is 2. The minimum atomic E-state index is -3.81. The second-order valence-electron chi connectivity index (χ2n) is 4.19. The highest BCUT2D eigenvalue weighted by molar-refractivity contribution is 7.89. The lowest BCUT2D eigenvalue weighted by Gasteiger charge is -2.35. The summed E-state index contributed by atoms with van der Waals surface area (Å²) in [5.74, 6) is -2.95. The summed E-state index contributed by atoms with van der Waals surface area (Å²) in [4.78, 5) is -0.114. The number of primary sulfonamides is 1. The molecule has 0 aliphatic heterocycles. The normalized spacial score (nSPS) is 20.0. The third-order valence-corrected chi connectivity index (χ3v) is 4.07. The molecule has 94 valence electrons. The fraction of sp³-hybridized carbons (Fsp3) is 0.400. The van der Waals surface area contributed by atoms with E-state index in [0.717, 1.165) is 0 Å². The predicted molar refractivity (Wildman–Crippen MR) is 59.7 cm³/mol. The van der Waals surface area contributed by atoms with Crippen LogP contribution in [-0.4, -0.2) is 14.3 Å². The SMILES string of the molecule is NS(=O)(=O)c1ccc(C2CC(F)(F)C2)c(Cl)c1. The first kappa shape index (κ1) is 12.7. The summed E-state index contributed by atoms with van der Waals surface area (Å²) in [5, 5.41) is 5.10. The second kappa shape index (κ2) is 3.90. The van der Waals surface area contributed by atoms with Gasteiger partial charge in [-0.05, 0) is 23.6 Å². The lowest BCUT2D eigenvalue weighted by Crippen LogP contribution is -2.33. The first-order valence-electron chi connectivity index (χ1n) is 4.89. The van der Waals surface area contributed by atoms with Gasteiger partial charge in [-0.3, -0.25) is 0 Å². The predicted octanol–water partition coefficient (Wildman–Crippen LogP) is 2.50. The third-order valence-electron chi connectivity index (χ3n) is 2.83. The highest BCUT2D eigenvalue weighted by atomic mass is 35.5. The Hall–Kier alpha value is -0.720. The van der Waals surface area contributed by atoms with Gasteiger partial charge in [0.2, 0.25) is 15.9 Å². The molecule has 1 aliphatic rings. The van der Waals surface area contributed by atoms with E-state index >= 15 is 0 Å². The van der Waals surface area contributed by atoms with Gasteiger partial charge in [-0.15, -0.1) is 0 Å².